The van der Waals surface area contributed by atoms with Crippen molar-refractivity contribution in [1.82, 2.24) is 0 Å². The van der Waals surface area contributed by atoms with Crippen molar-refractivity contribution in [1.29, 1.82) is 0 Å². The molecule has 6 heteroatoms. The molecule has 70 valence electrons. The summed E-state index contributed by atoms with van der Waals surface area (Å²) in [6.45, 7) is 0. The molecule has 0 aliphatic carbocycles. The fraction of sp³-hybridized carbons (Fsp3) is 0. The van der Waals surface area contributed by atoms with E-state index in [4.69, 9.17) is 21.1 Å². The Balaban J connectivity index is 3.50. The molecule has 0 heterocycles. The number of hydrogen-bond donors (Lipinski definition) is 4. The van der Waals surface area contributed by atoms with Crippen LogP contribution in [0.5, 0.6) is 11.5 Å². The number of carbonyl (C=O) groups is 1. The van der Waals surface area contributed by atoms with Crippen LogP contribution >= 0.6 is 0 Å². The molecule has 0 aliphatic heterocycles. The minimum absolute atomic E-state index is 0.437. The van der Waals surface area contributed by atoms with Crippen LogP contribution < -0.4 is 5.73 Å². The molecule has 0 bridgehead atoms. The smallest absolute Gasteiger partial charge is 0.339 e. The Morgan fingerprint density at radius 3 is 2.38 bits per heavy atom. The number of carboxylic acid groups (broad SMARTS) is 1. The number of phenols is 2. The second kappa shape index (κ2) is 2.81. The van der Waals surface area contributed by atoms with Gasteiger partial charge in [-0.3, -0.25) is 0 Å². The zero-order valence-electron chi connectivity index (χ0n) is 6.28. The maximum absolute atomic E-state index is 12.8. The fourth-order valence-corrected chi connectivity index (χ4v) is 0.812. The topological polar surface area (TPSA) is 104 Å². The van der Waals surface area contributed by atoms with Crippen molar-refractivity contribution in [2.24, 2.45) is 0 Å². The fourth-order valence-electron chi connectivity index (χ4n) is 0.812. The average Bonchev–Trinajstić information content (AvgIpc) is 2.07. The zero-order chi connectivity index (χ0) is 10.2. The van der Waals surface area contributed by atoms with Crippen LogP contribution in [0.25, 0.3) is 0 Å². The number of phenolic OH excluding ortho intramolecular Hbond substituents is 1. The molecule has 0 spiro atoms. The van der Waals surface area contributed by atoms with Crippen molar-refractivity contribution in [3.05, 3.63) is 17.4 Å². The molecule has 0 unspecified atom stereocenters. The average molecular weight is 187 g/mol. The predicted octanol–water partition coefficient (Wildman–Crippen LogP) is 0.517. The van der Waals surface area contributed by atoms with Crippen LogP contribution in [-0.4, -0.2) is 21.3 Å². The Bertz CT molecular complexity index is 377. The molecule has 0 amide bonds. The van der Waals surface area contributed by atoms with Crippen LogP contribution in [0.3, 0.4) is 0 Å². The summed E-state index contributed by atoms with van der Waals surface area (Å²) in [5.41, 5.74) is 3.94. The minimum Gasteiger partial charge on any atom is -0.504 e. The predicted molar refractivity (Wildman–Crippen MR) is 41.1 cm³/mol. The second-order valence-electron chi connectivity index (χ2n) is 2.33. The van der Waals surface area contributed by atoms with E-state index in [-0.39, 0.29) is 0 Å². The third kappa shape index (κ3) is 1.33. The largest absolute Gasteiger partial charge is 0.504 e. The molecule has 0 atom stereocenters. The summed E-state index contributed by atoms with van der Waals surface area (Å²) in [7, 11) is 0. The van der Waals surface area contributed by atoms with Gasteiger partial charge in [0.25, 0.3) is 0 Å². The first-order chi connectivity index (χ1) is 5.95. The Kier molecular flexibility index (Phi) is 1.97. The summed E-state index contributed by atoms with van der Waals surface area (Å²) in [5, 5.41) is 26.2. The van der Waals surface area contributed by atoms with Gasteiger partial charge in [-0.1, -0.05) is 0 Å². The van der Waals surface area contributed by atoms with Crippen molar-refractivity contribution >= 4 is 11.7 Å². The number of nitrogens with two attached hydrogens (primary N) is 1. The number of anilines is 1. The van der Waals surface area contributed by atoms with Gasteiger partial charge in [0.15, 0.2) is 11.5 Å². The molecule has 1 rings (SSSR count). The van der Waals surface area contributed by atoms with Crippen LogP contribution in [-0.2, 0) is 0 Å². The molecule has 0 fully saturated rings. The number of carboxylic acids is 1. The highest BCUT2D eigenvalue weighted by Gasteiger charge is 2.19. The maximum Gasteiger partial charge on any atom is 0.339 e. The lowest BCUT2D eigenvalue weighted by molar-refractivity contribution is 0.0693. The van der Waals surface area contributed by atoms with E-state index < -0.39 is 34.5 Å². The lowest BCUT2D eigenvalue weighted by Gasteiger charge is -2.05. The summed E-state index contributed by atoms with van der Waals surface area (Å²) in [5.74, 6) is -5.04. The third-order valence-corrected chi connectivity index (χ3v) is 1.47. The van der Waals surface area contributed by atoms with E-state index >= 15 is 0 Å². The Labute approximate surface area is 71.8 Å². The summed E-state index contributed by atoms with van der Waals surface area (Å²) >= 11 is 0. The molecule has 5 N–H and O–H groups in total. The first-order valence-electron chi connectivity index (χ1n) is 3.18. The van der Waals surface area contributed by atoms with Gasteiger partial charge in [-0.25, -0.2) is 4.79 Å². The van der Waals surface area contributed by atoms with E-state index in [0.717, 1.165) is 6.07 Å². The van der Waals surface area contributed by atoms with Gasteiger partial charge in [0, 0.05) is 0 Å². The van der Waals surface area contributed by atoms with Gasteiger partial charge in [-0.15, -0.1) is 0 Å². The normalized spacial score (nSPS) is 9.92. The van der Waals surface area contributed by atoms with Crippen molar-refractivity contribution < 1.29 is 24.5 Å². The molecular formula is C7H6FNO4. The molecule has 0 aliphatic rings. The van der Waals surface area contributed by atoms with Gasteiger partial charge >= 0.3 is 5.97 Å². The number of nitrogen functional groups attached to an aromatic ring is 1. The zero-order valence-corrected chi connectivity index (χ0v) is 6.28. The van der Waals surface area contributed by atoms with E-state index in [2.05, 4.69) is 0 Å². The highest BCUT2D eigenvalue weighted by atomic mass is 19.1. The number of benzene rings is 1. The van der Waals surface area contributed by atoms with Crippen molar-refractivity contribution in [3.8, 4) is 11.5 Å². The van der Waals surface area contributed by atoms with Crippen molar-refractivity contribution in [2.75, 3.05) is 5.73 Å². The molecule has 13 heavy (non-hydrogen) atoms. The summed E-state index contributed by atoms with van der Waals surface area (Å²) in [6, 6.07) is 0.774. The maximum atomic E-state index is 12.8. The monoisotopic (exact) mass is 187 g/mol. The standard InChI is InChI=1S/C7H6FNO4/c8-4-5(10)2(7(12)13)1-3(9)6(4)11/h1,10-11H,9H2,(H,12,13). The van der Waals surface area contributed by atoms with Gasteiger partial charge in [0.1, 0.15) is 5.56 Å². The molecule has 0 aromatic heterocycles. The third-order valence-electron chi connectivity index (χ3n) is 1.47. The molecule has 5 nitrogen and oxygen atoms in total. The molecule has 1 aromatic carbocycles. The van der Waals surface area contributed by atoms with E-state index in [9.17, 15) is 9.18 Å². The van der Waals surface area contributed by atoms with Gasteiger partial charge in [-0.05, 0) is 6.07 Å². The molecule has 0 radical (unpaired) electrons. The highest BCUT2D eigenvalue weighted by Crippen LogP contribution is 2.33. The second-order valence-corrected chi connectivity index (χ2v) is 2.33. The van der Waals surface area contributed by atoms with Crippen LogP contribution in [0.4, 0.5) is 10.1 Å². The summed E-state index contributed by atoms with van der Waals surface area (Å²) < 4.78 is 12.8. The lowest BCUT2D eigenvalue weighted by atomic mass is 10.1. The van der Waals surface area contributed by atoms with Crippen LogP contribution in [0.1, 0.15) is 10.4 Å². The van der Waals surface area contributed by atoms with Gasteiger partial charge in [0.05, 0.1) is 5.69 Å². The summed E-state index contributed by atoms with van der Waals surface area (Å²) in [6.07, 6.45) is 0. The Hall–Kier alpha value is -1.98. The SMILES string of the molecule is Nc1cc(C(=O)O)c(O)c(F)c1O. The Morgan fingerprint density at radius 2 is 1.92 bits per heavy atom. The first kappa shape index (κ1) is 9.11. The lowest BCUT2D eigenvalue weighted by Crippen LogP contribution is -2.01. The van der Waals surface area contributed by atoms with Gasteiger partial charge in [0.2, 0.25) is 5.82 Å². The van der Waals surface area contributed by atoms with Crippen molar-refractivity contribution in [3.63, 3.8) is 0 Å². The van der Waals surface area contributed by atoms with Crippen LogP contribution in [0.15, 0.2) is 6.07 Å². The van der Waals surface area contributed by atoms with Gasteiger partial charge in [-0.2, -0.15) is 4.39 Å². The molecule has 0 saturated heterocycles. The van der Waals surface area contributed by atoms with Crippen LogP contribution in [0, 0.1) is 5.82 Å². The quantitative estimate of drug-likeness (QED) is 0.291. The Morgan fingerprint density at radius 1 is 1.38 bits per heavy atom. The number of rotatable bonds is 1. The molecular weight excluding hydrogens is 181 g/mol. The highest BCUT2D eigenvalue weighted by molar-refractivity contribution is 5.92. The number of aromatic hydroxyl groups is 2. The number of aromatic carboxylic acids is 1. The van der Waals surface area contributed by atoms with Crippen LogP contribution in [0.2, 0.25) is 0 Å². The van der Waals surface area contributed by atoms with Crippen molar-refractivity contribution in [2.45, 2.75) is 0 Å². The number of hydrogen-bond acceptors (Lipinski definition) is 4. The summed E-state index contributed by atoms with van der Waals surface area (Å²) in [4.78, 5) is 10.4. The molecule has 0 saturated carbocycles. The minimum atomic E-state index is -1.52. The van der Waals surface area contributed by atoms with E-state index in [1.807, 2.05) is 0 Å². The van der Waals surface area contributed by atoms with E-state index in [1.165, 1.54) is 0 Å². The number of halogens is 1. The van der Waals surface area contributed by atoms with E-state index in [0.29, 0.717) is 0 Å². The van der Waals surface area contributed by atoms with E-state index in [1.54, 1.807) is 0 Å². The molecule has 1 aromatic rings. The first-order valence-corrected chi connectivity index (χ1v) is 3.18. The van der Waals surface area contributed by atoms with Gasteiger partial charge < -0.3 is 21.1 Å².